The molecule has 0 aliphatic carbocycles. The summed E-state index contributed by atoms with van der Waals surface area (Å²) < 4.78 is 53.5. The van der Waals surface area contributed by atoms with Crippen LogP contribution in [0.4, 0.5) is 0 Å². The normalized spacial score (nSPS) is 11.2. The number of nitrogens with one attached hydrogen (secondary N) is 1. The van der Waals surface area contributed by atoms with E-state index in [1.807, 2.05) is 7.05 Å². The van der Waals surface area contributed by atoms with Crippen LogP contribution >= 0.6 is 0 Å². The van der Waals surface area contributed by atoms with Crippen molar-refractivity contribution in [2.24, 2.45) is 0 Å². The van der Waals surface area contributed by atoms with E-state index in [4.69, 9.17) is 47.4 Å². The number of esters is 1. The SMILES string of the molecule is C=C(C)C(=O)OCCOCCOCCOCCOCCOCCOCCOCCOCCOCCNC. The van der Waals surface area contributed by atoms with Crippen molar-refractivity contribution in [1.82, 2.24) is 5.32 Å². The third-order valence-electron chi connectivity index (χ3n) is 4.28. The zero-order chi connectivity index (χ0) is 27.1. The third kappa shape index (κ3) is 30.9. The fourth-order valence-electron chi connectivity index (χ4n) is 2.35. The average molecular weight is 540 g/mol. The van der Waals surface area contributed by atoms with E-state index in [-0.39, 0.29) is 6.61 Å². The van der Waals surface area contributed by atoms with Crippen LogP contribution in [0.1, 0.15) is 6.92 Å². The minimum absolute atomic E-state index is 0.204. The Bertz CT molecular complexity index is 497. The van der Waals surface area contributed by atoms with E-state index >= 15 is 0 Å². The maximum atomic E-state index is 11.2. The number of hydrogen-bond donors (Lipinski definition) is 1. The van der Waals surface area contributed by atoms with Gasteiger partial charge in [-0.25, -0.2) is 4.79 Å². The second-order valence-corrected chi connectivity index (χ2v) is 7.53. The molecule has 0 unspecified atom stereocenters. The molecule has 12 nitrogen and oxygen atoms in total. The van der Waals surface area contributed by atoms with E-state index in [1.54, 1.807) is 6.92 Å². The molecule has 0 atom stereocenters. The highest BCUT2D eigenvalue weighted by atomic mass is 16.6. The first-order valence-corrected chi connectivity index (χ1v) is 12.9. The van der Waals surface area contributed by atoms with Crippen LogP contribution in [0, 0.1) is 0 Å². The van der Waals surface area contributed by atoms with Gasteiger partial charge in [0.1, 0.15) is 6.61 Å². The van der Waals surface area contributed by atoms with E-state index in [0.717, 1.165) is 6.54 Å². The zero-order valence-electron chi connectivity index (χ0n) is 22.8. The van der Waals surface area contributed by atoms with Crippen molar-refractivity contribution < 1.29 is 52.2 Å². The van der Waals surface area contributed by atoms with Crippen LogP contribution in [0.5, 0.6) is 0 Å². The van der Waals surface area contributed by atoms with Crippen molar-refractivity contribution >= 4 is 5.97 Å². The molecule has 0 saturated heterocycles. The van der Waals surface area contributed by atoms with Gasteiger partial charge in [-0.3, -0.25) is 0 Å². The van der Waals surface area contributed by atoms with Crippen molar-refractivity contribution in [3.05, 3.63) is 12.2 Å². The Balaban J connectivity index is 3.05. The number of likely N-dealkylation sites (N-methyl/N-ethyl adjacent to an activating group) is 1. The summed E-state index contributed by atoms with van der Waals surface area (Å²) in [4.78, 5) is 11.2. The van der Waals surface area contributed by atoms with Gasteiger partial charge in [0.2, 0.25) is 0 Å². The molecule has 0 aromatic rings. The molecule has 0 aromatic heterocycles. The van der Waals surface area contributed by atoms with Crippen LogP contribution in [0.3, 0.4) is 0 Å². The highest BCUT2D eigenvalue weighted by Gasteiger charge is 2.01. The topological polar surface area (TPSA) is 121 Å². The lowest BCUT2D eigenvalue weighted by Gasteiger charge is -2.09. The summed E-state index contributed by atoms with van der Waals surface area (Å²) in [5.74, 6) is -0.410. The van der Waals surface area contributed by atoms with Gasteiger partial charge in [0.15, 0.2) is 0 Å². The van der Waals surface area contributed by atoms with Crippen LogP contribution in [0.2, 0.25) is 0 Å². The van der Waals surface area contributed by atoms with E-state index < -0.39 is 5.97 Å². The summed E-state index contributed by atoms with van der Waals surface area (Å²) in [6.45, 7) is 15.3. The van der Waals surface area contributed by atoms with E-state index in [1.165, 1.54) is 0 Å². The molecule has 0 spiro atoms. The first-order chi connectivity index (χ1) is 18.2. The molecule has 0 radical (unpaired) electrons. The molecule has 220 valence electrons. The van der Waals surface area contributed by atoms with Crippen molar-refractivity contribution in [3.8, 4) is 0 Å². The number of ether oxygens (including phenoxy) is 10. The van der Waals surface area contributed by atoms with Crippen molar-refractivity contribution in [3.63, 3.8) is 0 Å². The summed E-state index contributed by atoms with van der Waals surface area (Å²) in [6, 6.07) is 0. The van der Waals surface area contributed by atoms with E-state index in [0.29, 0.717) is 124 Å². The summed E-state index contributed by atoms with van der Waals surface area (Å²) in [6.07, 6.45) is 0. The standard InChI is InChI=1S/C25H49NO11/c1-24(2)25(27)37-23-22-36-21-20-35-19-18-34-17-16-33-15-14-32-13-12-31-11-10-30-9-8-29-7-6-28-5-4-26-3/h26H,1,4-23H2,2-3H3. The van der Waals surface area contributed by atoms with Crippen molar-refractivity contribution in [2.75, 3.05) is 139 Å². The predicted molar refractivity (Wildman–Crippen MR) is 137 cm³/mol. The van der Waals surface area contributed by atoms with E-state index in [9.17, 15) is 4.79 Å². The zero-order valence-corrected chi connectivity index (χ0v) is 22.8. The maximum Gasteiger partial charge on any atom is 0.333 e. The smallest absolute Gasteiger partial charge is 0.333 e. The lowest BCUT2D eigenvalue weighted by atomic mass is 10.4. The molecule has 37 heavy (non-hydrogen) atoms. The highest BCUT2D eigenvalue weighted by Crippen LogP contribution is 1.92. The lowest BCUT2D eigenvalue weighted by Crippen LogP contribution is -2.17. The van der Waals surface area contributed by atoms with Gasteiger partial charge in [0.25, 0.3) is 0 Å². The van der Waals surface area contributed by atoms with Gasteiger partial charge < -0.3 is 52.7 Å². The van der Waals surface area contributed by atoms with Gasteiger partial charge in [-0.1, -0.05) is 6.58 Å². The van der Waals surface area contributed by atoms with Gasteiger partial charge in [-0.05, 0) is 14.0 Å². The Morgan fingerprint density at radius 1 is 0.486 bits per heavy atom. The van der Waals surface area contributed by atoms with Crippen LogP contribution in [-0.4, -0.2) is 145 Å². The third-order valence-corrected chi connectivity index (χ3v) is 4.28. The van der Waals surface area contributed by atoms with Crippen molar-refractivity contribution in [2.45, 2.75) is 6.92 Å². The minimum atomic E-state index is -0.410. The first-order valence-electron chi connectivity index (χ1n) is 12.9. The number of carbonyl (C=O) groups is 1. The second-order valence-electron chi connectivity index (χ2n) is 7.53. The van der Waals surface area contributed by atoms with Crippen LogP contribution in [0.25, 0.3) is 0 Å². The van der Waals surface area contributed by atoms with Gasteiger partial charge in [-0.15, -0.1) is 0 Å². The number of rotatable bonds is 31. The van der Waals surface area contributed by atoms with E-state index in [2.05, 4.69) is 11.9 Å². The summed E-state index contributed by atoms with van der Waals surface area (Å²) >= 11 is 0. The molecule has 0 aliphatic heterocycles. The number of hydrogen-bond acceptors (Lipinski definition) is 12. The molecule has 0 saturated carbocycles. The molecular formula is C25H49NO11. The van der Waals surface area contributed by atoms with Gasteiger partial charge in [-0.2, -0.15) is 0 Å². The van der Waals surface area contributed by atoms with Crippen LogP contribution < -0.4 is 5.32 Å². The summed E-state index contributed by atoms with van der Waals surface area (Å²) in [5.41, 5.74) is 0.373. The highest BCUT2D eigenvalue weighted by molar-refractivity contribution is 5.86. The maximum absolute atomic E-state index is 11.2. The van der Waals surface area contributed by atoms with Gasteiger partial charge >= 0.3 is 5.97 Å². The Kier molecular flexibility index (Phi) is 30.0. The largest absolute Gasteiger partial charge is 0.460 e. The van der Waals surface area contributed by atoms with Gasteiger partial charge in [0.05, 0.1) is 119 Å². The predicted octanol–water partition coefficient (Wildman–Crippen LogP) is 0.475. The number of carbonyl (C=O) groups excluding carboxylic acids is 1. The van der Waals surface area contributed by atoms with Crippen LogP contribution in [0.15, 0.2) is 12.2 Å². The van der Waals surface area contributed by atoms with Crippen molar-refractivity contribution in [1.29, 1.82) is 0 Å². The average Bonchev–Trinajstić information content (AvgIpc) is 2.89. The Morgan fingerprint density at radius 2 is 0.730 bits per heavy atom. The Morgan fingerprint density at radius 3 is 0.973 bits per heavy atom. The Hall–Kier alpha value is -1.19. The van der Waals surface area contributed by atoms with Gasteiger partial charge in [0, 0.05) is 12.1 Å². The lowest BCUT2D eigenvalue weighted by molar-refractivity contribution is -0.140. The molecule has 0 fully saturated rings. The molecular weight excluding hydrogens is 490 g/mol. The Labute approximate surface area is 222 Å². The monoisotopic (exact) mass is 539 g/mol. The molecule has 12 heteroatoms. The quantitative estimate of drug-likeness (QED) is 0.0749. The summed E-state index contributed by atoms with van der Waals surface area (Å²) in [7, 11) is 1.89. The first kappa shape index (κ1) is 35.8. The summed E-state index contributed by atoms with van der Waals surface area (Å²) in [5, 5.41) is 3.01. The molecule has 0 aromatic carbocycles. The molecule has 0 rings (SSSR count). The molecule has 0 aliphatic rings. The molecule has 0 heterocycles. The molecule has 1 N–H and O–H groups in total. The minimum Gasteiger partial charge on any atom is -0.460 e. The molecule has 0 amide bonds. The fraction of sp³-hybridized carbons (Fsp3) is 0.880. The second kappa shape index (κ2) is 31.0. The fourth-order valence-corrected chi connectivity index (χ4v) is 2.35. The van der Waals surface area contributed by atoms with Crippen LogP contribution in [-0.2, 0) is 52.2 Å². The molecule has 0 bridgehead atoms.